The summed E-state index contributed by atoms with van der Waals surface area (Å²) in [5, 5.41) is 0. The molecule has 20 heavy (non-hydrogen) atoms. The molecule has 3 nitrogen and oxygen atoms in total. The van der Waals surface area contributed by atoms with Crippen LogP contribution in [0.15, 0.2) is 24.3 Å². The second-order valence-corrected chi connectivity index (χ2v) is 6.46. The SMILES string of the molecule is CCC(c1nc2ccccc2[nH]1)N1CC(C)CC(C)C1. The molecule has 108 valence electrons. The molecule has 0 spiro atoms. The van der Waals surface area contributed by atoms with Crippen LogP contribution < -0.4 is 0 Å². The van der Waals surface area contributed by atoms with E-state index in [2.05, 4.69) is 54.9 Å². The summed E-state index contributed by atoms with van der Waals surface area (Å²) in [6.07, 6.45) is 2.46. The van der Waals surface area contributed by atoms with Crippen molar-refractivity contribution >= 4 is 11.0 Å². The molecule has 0 amide bonds. The van der Waals surface area contributed by atoms with E-state index in [0.29, 0.717) is 6.04 Å². The number of piperidine rings is 1. The minimum absolute atomic E-state index is 0.424. The molecule has 3 rings (SSSR count). The summed E-state index contributed by atoms with van der Waals surface area (Å²) in [5.74, 6) is 2.71. The fourth-order valence-electron chi connectivity index (χ4n) is 3.72. The van der Waals surface area contributed by atoms with Crippen molar-refractivity contribution in [2.45, 2.75) is 39.7 Å². The lowest BCUT2D eigenvalue weighted by Crippen LogP contribution is -2.41. The zero-order chi connectivity index (χ0) is 14.1. The number of nitrogens with zero attached hydrogens (tertiary/aromatic N) is 2. The molecule has 2 aromatic rings. The van der Waals surface area contributed by atoms with Crippen molar-refractivity contribution in [2.24, 2.45) is 11.8 Å². The number of para-hydroxylation sites is 2. The van der Waals surface area contributed by atoms with Gasteiger partial charge in [0.15, 0.2) is 0 Å². The Morgan fingerprint density at radius 1 is 1.25 bits per heavy atom. The maximum absolute atomic E-state index is 4.81. The van der Waals surface area contributed by atoms with E-state index in [1.165, 1.54) is 19.5 Å². The number of imidazole rings is 1. The molecule has 3 atom stereocenters. The van der Waals surface area contributed by atoms with Crippen LogP contribution in [0.4, 0.5) is 0 Å². The summed E-state index contributed by atoms with van der Waals surface area (Å²) in [6.45, 7) is 9.39. The van der Waals surface area contributed by atoms with Gasteiger partial charge in [0, 0.05) is 13.1 Å². The number of aromatic amines is 1. The van der Waals surface area contributed by atoms with Gasteiger partial charge in [-0.05, 0) is 36.8 Å². The van der Waals surface area contributed by atoms with Crippen LogP contribution in [0.2, 0.25) is 0 Å². The summed E-state index contributed by atoms with van der Waals surface area (Å²) in [6, 6.07) is 8.74. The third-order valence-electron chi connectivity index (χ3n) is 4.45. The van der Waals surface area contributed by atoms with Gasteiger partial charge in [0.1, 0.15) is 5.82 Å². The lowest BCUT2D eigenvalue weighted by atomic mass is 9.90. The van der Waals surface area contributed by atoms with E-state index in [9.17, 15) is 0 Å². The van der Waals surface area contributed by atoms with Crippen LogP contribution in [0, 0.1) is 11.8 Å². The number of hydrogen-bond acceptors (Lipinski definition) is 2. The molecule has 2 heterocycles. The van der Waals surface area contributed by atoms with Crippen LogP contribution in [-0.2, 0) is 0 Å². The van der Waals surface area contributed by atoms with Gasteiger partial charge in [0.2, 0.25) is 0 Å². The van der Waals surface area contributed by atoms with E-state index in [4.69, 9.17) is 4.98 Å². The highest BCUT2D eigenvalue weighted by Crippen LogP contribution is 2.30. The molecule has 3 heteroatoms. The first-order valence-corrected chi connectivity index (χ1v) is 7.86. The first-order chi connectivity index (χ1) is 9.67. The van der Waals surface area contributed by atoms with Crippen molar-refractivity contribution in [3.63, 3.8) is 0 Å². The summed E-state index contributed by atoms with van der Waals surface area (Å²) >= 11 is 0. The molecule has 1 aromatic carbocycles. The van der Waals surface area contributed by atoms with E-state index in [-0.39, 0.29) is 0 Å². The molecule has 1 saturated heterocycles. The number of fused-ring (bicyclic) bond motifs is 1. The topological polar surface area (TPSA) is 31.9 Å². The van der Waals surface area contributed by atoms with Gasteiger partial charge in [0.25, 0.3) is 0 Å². The molecule has 0 radical (unpaired) electrons. The number of H-pyrrole nitrogens is 1. The highest BCUT2D eigenvalue weighted by molar-refractivity contribution is 5.74. The van der Waals surface area contributed by atoms with Gasteiger partial charge in [-0.3, -0.25) is 4.90 Å². The second kappa shape index (κ2) is 5.57. The minimum atomic E-state index is 0.424. The maximum Gasteiger partial charge on any atom is 0.124 e. The van der Waals surface area contributed by atoms with Gasteiger partial charge in [-0.15, -0.1) is 0 Å². The first kappa shape index (κ1) is 13.6. The summed E-state index contributed by atoms with van der Waals surface area (Å²) in [4.78, 5) is 11.0. The Bertz CT molecular complexity index is 531. The van der Waals surface area contributed by atoms with Crippen molar-refractivity contribution < 1.29 is 0 Å². The van der Waals surface area contributed by atoms with Crippen LogP contribution >= 0.6 is 0 Å². The van der Waals surface area contributed by atoms with Gasteiger partial charge >= 0.3 is 0 Å². The molecule has 0 saturated carbocycles. The maximum atomic E-state index is 4.81. The highest BCUT2D eigenvalue weighted by Gasteiger charge is 2.29. The van der Waals surface area contributed by atoms with Crippen LogP contribution in [0.1, 0.15) is 45.5 Å². The van der Waals surface area contributed by atoms with Crippen molar-refractivity contribution in [1.29, 1.82) is 0 Å². The molecule has 3 unspecified atom stereocenters. The molecule has 1 aromatic heterocycles. The van der Waals surface area contributed by atoms with Crippen molar-refractivity contribution in [3.8, 4) is 0 Å². The van der Waals surface area contributed by atoms with Crippen LogP contribution in [0.5, 0.6) is 0 Å². The molecule has 1 aliphatic rings. The van der Waals surface area contributed by atoms with Crippen molar-refractivity contribution in [3.05, 3.63) is 30.1 Å². The Kier molecular flexibility index (Phi) is 3.79. The Morgan fingerprint density at radius 3 is 2.60 bits per heavy atom. The molecule has 1 fully saturated rings. The number of nitrogens with one attached hydrogen (secondary N) is 1. The fourth-order valence-corrected chi connectivity index (χ4v) is 3.72. The summed E-state index contributed by atoms with van der Waals surface area (Å²) in [7, 11) is 0. The number of benzene rings is 1. The third kappa shape index (κ3) is 2.59. The van der Waals surface area contributed by atoms with Gasteiger partial charge in [-0.1, -0.05) is 32.9 Å². The second-order valence-electron chi connectivity index (χ2n) is 6.46. The van der Waals surface area contributed by atoms with Crippen molar-refractivity contribution in [2.75, 3.05) is 13.1 Å². The predicted molar refractivity (Wildman–Crippen MR) is 83.6 cm³/mol. The van der Waals surface area contributed by atoms with E-state index >= 15 is 0 Å². The van der Waals surface area contributed by atoms with Crippen LogP contribution in [0.25, 0.3) is 11.0 Å². The van der Waals surface area contributed by atoms with Gasteiger partial charge in [0.05, 0.1) is 17.1 Å². The van der Waals surface area contributed by atoms with Gasteiger partial charge in [-0.2, -0.15) is 0 Å². The lowest BCUT2D eigenvalue weighted by molar-refractivity contribution is 0.0893. The summed E-state index contributed by atoms with van der Waals surface area (Å²) in [5.41, 5.74) is 2.23. The standard InChI is InChI=1S/C17H25N3/c1-4-16(20-10-12(2)9-13(3)11-20)17-18-14-7-5-6-8-15(14)19-17/h5-8,12-13,16H,4,9-11H2,1-3H3,(H,18,19). The Hall–Kier alpha value is -1.35. The molecule has 0 aliphatic carbocycles. The zero-order valence-electron chi connectivity index (χ0n) is 12.8. The average molecular weight is 271 g/mol. The number of aromatic nitrogens is 2. The third-order valence-corrected chi connectivity index (χ3v) is 4.45. The normalized spacial score (nSPS) is 25.9. The molecular weight excluding hydrogens is 246 g/mol. The number of hydrogen-bond donors (Lipinski definition) is 1. The van der Waals surface area contributed by atoms with Crippen molar-refractivity contribution in [1.82, 2.24) is 14.9 Å². The van der Waals surface area contributed by atoms with E-state index < -0.39 is 0 Å². The van der Waals surface area contributed by atoms with Gasteiger partial charge < -0.3 is 4.98 Å². The fraction of sp³-hybridized carbons (Fsp3) is 0.588. The number of rotatable bonds is 3. The van der Waals surface area contributed by atoms with Crippen LogP contribution in [-0.4, -0.2) is 28.0 Å². The average Bonchev–Trinajstić information content (AvgIpc) is 2.81. The largest absolute Gasteiger partial charge is 0.341 e. The molecule has 1 aliphatic heterocycles. The zero-order valence-corrected chi connectivity index (χ0v) is 12.8. The van der Waals surface area contributed by atoms with Crippen LogP contribution in [0.3, 0.4) is 0 Å². The Morgan fingerprint density at radius 2 is 1.95 bits per heavy atom. The lowest BCUT2D eigenvalue weighted by Gasteiger charge is -2.39. The monoisotopic (exact) mass is 271 g/mol. The minimum Gasteiger partial charge on any atom is -0.341 e. The molecular formula is C17H25N3. The molecule has 0 bridgehead atoms. The van der Waals surface area contributed by atoms with E-state index in [1.807, 2.05) is 0 Å². The Labute approximate surface area is 121 Å². The summed E-state index contributed by atoms with van der Waals surface area (Å²) < 4.78 is 0. The quantitative estimate of drug-likeness (QED) is 0.915. The van der Waals surface area contributed by atoms with Gasteiger partial charge in [-0.25, -0.2) is 4.98 Å². The smallest absolute Gasteiger partial charge is 0.124 e. The highest BCUT2D eigenvalue weighted by atomic mass is 15.2. The predicted octanol–water partition coefficient (Wildman–Crippen LogP) is 3.99. The molecule has 1 N–H and O–H groups in total. The van der Waals surface area contributed by atoms with E-state index in [1.54, 1.807) is 0 Å². The number of likely N-dealkylation sites (tertiary alicyclic amines) is 1. The first-order valence-electron chi connectivity index (χ1n) is 7.86. The van der Waals surface area contributed by atoms with E-state index in [0.717, 1.165) is 35.1 Å². The Balaban J connectivity index is 1.88.